The van der Waals surface area contributed by atoms with Gasteiger partial charge in [-0.3, -0.25) is 4.90 Å². The maximum atomic E-state index is 10.9. The first-order chi connectivity index (χ1) is 6.25. The Morgan fingerprint density at radius 3 is 2.46 bits per heavy atom. The van der Waals surface area contributed by atoms with Crippen LogP contribution in [0.4, 0.5) is 10.5 Å². The van der Waals surface area contributed by atoms with Crippen LogP contribution in [-0.2, 0) is 0 Å². The van der Waals surface area contributed by atoms with Crippen molar-refractivity contribution in [2.24, 2.45) is 0 Å². The molecule has 1 aromatic carbocycles. The molecule has 2 amide bonds. The lowest BCUT2D eigenvalue weighted by molar-refractivity contribution is 0.252. The topological polar surface area (TPSA) is 44.1 Å². The first kappa shape index (κ1) is 9.58. The van der Waals surface area contributed by atoms with Crippen LogP contribution < -0.4 is 10.6 Å². The largest absolute Gasteiger partial charge is 0.340 e. The Morgan fingerprint density at radius 1 is 1.38 bits per heavy atom. The standard InChI is InChI=1S/C10H13N2O/c1-2-8-12(10(11)13)9-6-4-3-5-7-9/h3-7,11H,2,8H2,1H3. The lowest BCUT2D eigenvalue weighted by atomic mass is 10.3. The molecule has 3 nitrogen and oxygen atoms in total. The summed E-state index contributed by atoms with van der Waals surface area (Å²) < 4.78 is 0. The number of para-hydroxylation sites is 1. The highest BCUT2D eigenvalue weighted by Crippen LogP contribution is 2.13. The minimum absolute atomic E-state index is 0.604. The molecule has 0 saturated carbocycles. The molecule has 13 heavy (non-hydrogen) atoms. The maximum absolute atomic E-state index is 10.9. The number of amides is 2. The van der Waals surface area contributed by atoms with Crippen molar-refractivity contribution in [1.82, 2.24) is 5.73 Å². The quantitative estimate of drug-likeness (QED) is 0.698. The van der Waals surface area contributed by atoms with E-state index >= 15 is 0 Å². The fourth-order valence-electron chi connectivity index (χ4n) is 1.18. The number of urea groups is 1. The zero-order valence-corrected chi connectivity index (χ0v) is 7.66. The number of nitrogens with zero attached hydrogens (tertiary/aromatic N) is 1. The van der Waals surface area contributed by atoms with Gasteiger partial charge in [0.25, 0.3) is 0 Å². The van der Waals surface area contributed by atoms with Crippen LogP contribution in [0.3, 0.4) is 0 Å². The van der Waals surface area contributed by atoms with Gasteiger partial charge in [-0.25, -0.2) is 10.5 Å². The van der Waals surface area contributed by atoms with Crippen LogP contribution >= 0.6 is 0 Å². The van der Waals surface area contributed by atoms with E-state index in [1.807, 2.05) is 37.3 Å². The summed E-state index contributed by atoms with van der Waals surface area (Å²) in [5.74, 6) is 0. The molecule has 1 N–H and O–H groups in total. The summed E-state index contributed by atoms with van der Waals surface area (Å²) in [6.45, 7) is 2.59. The van der Waals surface area contributed by atoms with Crippen molar-refractivity contribution in [2.45, 2.75) is 13.3 Å². The van der Waals surface area contributed by atoms with Gasteiger partial charge >= 0.3 is 6.03 Å². The summed E-state index contributed by atoms with van der Waals surface area (Å²) in [7, 11) is 0. The molecule has 0 aliphatic carbocycles. The third-order valence-electron chi connectivity index (χ3n) is 1.76. The van der Waals surface area contributed by atoms with Crippen molar-refractivity contribution in [3.8, 4) is 0 Å². The number of hydrogen-bond acceptors (Lipinski definition) is 1. The molecule has 69 valence electrons. The summed E-state index contributed by atoms with van der Waals surface area (Å²) in [6, 6.07) is 8.64. The van der Waals surface area contributed by atoms with Crippen molar-refractivity contribution >= 4 is 11.7 Å². The number of nitrogens with one attached hydrogen (secondary N) is 1. The second kappa shape index (κ2) is 4.50. The number of carbonyl (C=O) groups excluding carboxylic acids is 1. The number of carbonyl (C=O) groups is 1. The highest BCUT2D eigenvalue weighted by Gasteiger charge is 2.10. The van der Waals surface area contributed by atoms with E-state index < -0.39 is 6.03 Å². The van der Waals surface area contributed by atoms with E-state index in [2.05, 4.69) is 0 Å². The molecule has 0 aromatic heterocycles. The molecule has 0 unspecified atom stereocenters. The van der Waals surface area contributed by atoms with E-state index in [9.17, 15) is 4.79 Å². The molecule has 0 atom stereocenters. The van der Waals surface area contributed by atoms with Gasteiger partial charge in [0.1, 0.15) is 0 Å². The van der Waals surface area contributed by atoms with Crippen molar-refractivity contribution in [1.29, 1.82) is 0 Å². The van der Waals surface area contributed by atoms with Crippen molar-refractivity contribution in [3.05, 3.63) is 30.3 Å². The van der Waals surface area contributed by atoms with Gasteiger partial charge in [0.2, 0.25) is 0 Å². The molecule has 0 aliphatic rings. The lowest BCUT2D eigenvalue weighted by Gasteiger charge is -2.18. The first-order valence-corrected chi connectivity index (χ1v) is 4.34. The fourth-order valence-corrected chi connectivity index (χ4v) is 1.18. The van der Waals surface area contributed by atoms with E-state index in [0.29, 0.717) is 6.54 Å². The highest BCUT2D eigenvalue weighted by molar-refractivity contribution is 5.89. The molecule has 0 aliphatic heterocycles. The molecule has 1 aromatic rings. The van der Waals surface area contributed by atoms with Crippen molar-refractivity contribution in [2.75, 3.05) is 11.4 Å². The van der Waals surface area contributed by atoms with Gasteiger partial charge in [-0.15, -0.1) is 0 Å². The molecule has 1 radical (unpaired) electrons. The zero-order chi connectivity index (χ0) is 9.68. The second-order valence-corrected chi connectivity index (χ2v) is 2.79. The smallest absolute Gasteiger partial charge is 0.293 e. The van der Waals surface area contributed by atoms with Crippen LogP contribution in [0.15, 0.2) is 30.3 Å². The van der Waals surface area contributed by atoms with E-state index in [-0.39, 0.29) is 0 Å². The van der Waals surface area contributed by atoms with Crippen LogP contribution in [-0.4, -0.2) is 12.6 Å². The summed E-state index contributed by atoms with van der Waals surface area (Å²) in [5, 5.41) is 0. The third-order valence-corrected chi connectivity index (χ3v) is 1.76. The van der Waals surface area contributed by atoms with E-state index in [1.54, 1.807) is 0 Å². The van der Waals surface area contributed by atoms with Gasteiger partial charge < -0.3 is 0 Å². The summed E-state index contributed by atoms with van der Waals surface area (Å²) in [4.78, 5) is 12.4. The van der Waals surface area contributed by atoms with Crippen LogP contribution in [0.5, 0.6) is 0 Å². The second-order valence-electron chi connectivity index (χ2n) is 2.79. The van der Waals surface area contributed by atoms with Gasteiger partial charge in [0, 0.05) is 12.2 Å². The van der Waals surface area contributed by atoms with Crippen molar-refractivity contribution < 1.29 is 4.79 Å². The summed E-state index contributed by atoms with van der Waals surface area (Å²) in [5.41, 5.74) is 7.86. The monoisotopic (exact) mass is 177 g/mol. The van der Waals surface area contributed by atoms with Gasteiger partial charge in [0.05, 0.1) is 0 Å². The SMILES string of the molecule is CCCN(C([NH])=O)c1ccccc1. The Morgan fingerprint density at radius 2 is 2.00 bits per heavy atom. The zero-order valence-electron chi connectivity index (χ0n) is 7.66. The molecule has 0 fully saturated rings. The van der Waals surface area contributed by atoms with Crippen LogP contribution in [0.2, 0.25) is 0 Å². The van der Waals surface area contributed by atoms with Crippen molar-refractivity contribution in [3.63, 3.8) is 0 Å². The molecule has 3 heteroatoms. The molecule has 1 rings (SSSR count). The highest BCUT2D eigenvalue weighted by atomic mass is 16.2. The minimum atomic E-state index is -0.645. The molecule has 0 spiro atoms. The van der Waals surface area contributed by atoms with E-state index in [1.165, 1.54) is 4.90 Å². The van der Waals surface area contributed by atoms with Crippen LogP contribution in [0, 0.1) is 0 Å². The number of benzene rings is 1. The Labute approximate surface area is 78.2 Å². The molecular formula is C10H13N2O. The predicted octanol–water partition coefficient (Wildman–Crippen LogP) is 2.31. The van der Waals surface area contributed by atoms with Crippen LogP contribution in [0.1, 0.15) is 13.3 Å². The number of anilines is 1. The average Bonchev–Trinajstić information content (AvgIpc) is 2.15. The van der Waals surface area contributed by atoms with E-state index in [0.717, 1.165) is 12.1 Å². The summed E-state index contributed by atoms with van der Waals surface area (Å²) in [6.07, 6.45) is 0.861. The molecular weight excluding hydrogens is 164 g/mol. The lowest BCUT2D eigenvalue weighted by Crippen LogP contribution is -2.30. The normalized spacial score (nSPS) is 9.62. The predicted molar refractivity (Wildman–Crippen MR) is 52.6 cm³/mol. The average molecular weight is 177 g/mol. The number of hydrogen-bond donors (Lipinski definition) is 0. The Hall–Kier alpha value is -1.51. The van der Waals surface area contributed by atoms with Crippen LogP contribution in [0.25, 0.3) is 0 Å². The van der Waals surface area contributed by atoms with E-state index in [4.69, 9.17) is 5.73 Å². The summed E-state index contributed by atoms with van der Waals surface area (Å²) >= 11 is 0. The molecule has 0 bridgehead atoms. The van der Waals surface area contributed by atoms with Gasteiger partial charge in [-0.2, -0.15) is 0 Å². The van der Waals surface area contributed by atoms with Gasteiger partial charge in [0.15, 0.2) is 0 Å². The van der Waals surface area contributed by atoms with Gasteiger partial charge in [-0.1, -0.05) is 25.1 Å². The molecule has 0 heterocycles. The molecule has 0 saturated heterocycles. The Balaban J connectivity index is 2.82. The maximum Gasteiger partial charge on any atom is 0.340 e. The third kappa shape index (κ3) is 2.47. The Kier molecular flexibility index (Phi) is 3.31. The fraction of sp³-hybridized carbons (Fsp3) is 0.300. The number of rotatable bonds is 3. The first-order valence-electron chi connectivity index (χ1n) is 4.34. The Bertz CT molecular complexity index is 272. The van der Waals surface area contributed by atoms with Gasteiger partial charge in [-0.05, 0) is 18.6 Å². The minimum Gasteiger partial charge on any atom is -0.293 e.